The number of halogens is 3. The molecular formula is C22H20F3N5O3S. The maximum Gasteiger partial charge on any atom is 0.490 e. The smallest absolute Gasteiger partial charge is 0.475 e. The first-order valence-electron chi connectivity index (χ1n) is 10.2. The van der Waals surface area contributed by atoms with Crippen LogP contribution in [0.15, 0.2) is 60.2 Å². The number of benzene rings is 1. The van der Waals surface area contributed by atoms with Gasteiger partial charge in [0.15, 0.2) is 0 Å². The average Bonchev–Trinajstić information content (AvgIpc) is 3.49. The summed E-state index contributed by atoms with van der Waals surface area (Å²) in [5, 5.41) is 19.1. The fraction of sp³-hybridized carbons (Fsp3) is 0.273. The van der Waals surface area contributed by atoms with Gasteiger partial charge in [-0.25, -0.2) is 14.3 Å². The van der Waals surface area contributed by atoms with Gasteiger partial charge in [-0.3, -0.25) is 4.90 Å². The number of hydrogen-bond acceptors (Lipinski definition) is 7. The topological polar surface area (TPSA) is 92.8 Å². The van der Waals surface area contributed by atoms with Crippen molar-refractivity contribution in [2.75, 3.05) is 19.7 Å². The van der Waals surface area contributed by atoms with E-state index in [1.54, 1.807) is 11.3 Å². The minimum atomic E-state index is -5.08. The predicted octanol–water partition coefficient (Wildman–Crippen LogP) is 4.06. The molecule has 0 bridgehead atoms. The summed E-state index contributed by atoms with van der Waals surface area (Å²) < 4.78 is 39.6. The lowest BCUT2D eigenvalue weighted by Crippen LogP contribution is -2.38. The first-order valence-corrected chi connectivity index (χ1v) is 11.1. The SMILES string of the molecule is O=C(O)C(F)(F)F.c1ccc(-c2ccc3c(C4CN(Cc5nccs5)CCO4)nnn3c2)cc1. The molecule has 0 saturated carbocycles. The summed E-state index contributed by atoms with van der Waals surface area (Å²) in [4.78, 5) is 15.7. The van der Waals surface area contributed by atoms with Gasteiger partial charge < -0.3 is 9.84 Å². The number of hydrogen-bond donors (Lipinski definition) is 1. The number of carbonyl (C=O) groups is 1. The van der Waals surface area contributed by atoms with Gasteiger partial charge in [-0.1, -0.05) is 41.6 Å². The minimum absolute atomic E-state index is 0.0706. The van der Waals surface area contributed by atoms with Crippen LogP contribution >= 0.6 is 11.3 Å². The van der Waals surface area contributed by atoms with Crippen LogP contribution in [0.4, 0.5) is 13.2 Å². The Labute approximate surface area is 196 Å². The van der Waals surface area contributed by atoms with Crippen LogP contribution in [0.5, 0.6) is 0 Å². The number of fused-ring (bicyclic) bond motifs is 1. The lowest BCUT2D eigenvalue weighted by molar-refractivity contribution is -0.192. The number of thiazole rings is 1. The largest absolute Gasteiger partial charge is 0.490 e. The molecule has 0 aliphatic carbocycles. The van der Waals surface area contributed by atoms with Crippen LogP contribution in [-0.2, 0) is 16.1 Å². The van der Waals surface area contributed by atoms with Gasteiger partial charge in [-0.2, -0.15) is 13.2 Å². The van der Waals surface area contributed by atoms with Gasteiger partial charge in [0.1, 0.15) is 16.8 Å². The van der Waals surface area contributed by atoms with Gasteiger partial charge in [0.25, 0.3) is 0 Å². The third-order valence-corrected chi connectivity index (χ3v) is 5.85. The number of rotatable bonds is 4. The molecule has 1 N–H and O–H groups in total. The average molecular weight is 491 g/mol. The zero-order valence-corrected chi connectivity index (χ0v) is 18.5. The Balaban J connectivity index is 0.000000344. The monoisotopic (exact) mass is 491 g/mol. The van der Waals surface area contributed by atoms with E-state index in [0.29, 0.717) is 6.61 Å². The Bertz CT molecular complexity index is 1230. The summed E-state index contributed by atoms with van der Waals surface area (Å²) >= 11 is 1.69. The van der Waals surface area contributed by atoms with E-state index in [1.807, 2.05) is 40.5 Å². The molecule has 4 heterocycles. The molecule has 3 aromatic heterocycles. The number of nitrogens with zero attached hydrogens (tertiary/aromatic N) is 5. The number of alkyl halides is 3. The molecule has 12 heteroatoms. The highest BCUT2D eigenvalue weighted by molar-refractivity contribution is 7.09. The van der Waals surface area contributed by atoms with Crippen LogP contribution in [-0.4, -0.2) is 61.7 Å². The van der Waals surface area contributed by atoms with Gasteiger partial charge in [-0.15, -0.1) is 16.4 Å². The number of carboxylic acid groups (broad SMARTS) is 1. The number of carboxylic acids is 1. The summed E-state index contributed by atoms with van der Waals surface area (Å²) in [7, 11) is 0. The van der Waals surface area contributed by atoms with Crippen LogP contribution in [0.2, 0.25) is 0 Å². The normalized spacial score (nSPS) is 16.7. The van der Waals surface area contributed by atoms with Crippen molar-refractivity contribution < 1.29 is 27.8 Å². The zero-order valence-electron chi connectivity index (χ0n) is 17.7. The molecule has 4 aromatic rings. The molecule has 1 aliphatic heterocycles. The molecule has 1 unspecified atom stereocenters. The van der Waals surface area contributed by atoms with Crippen LogP contribution in [0.1, 0.15) is 16.8 Å². The molecule has 0 spiro atoms. The Morgan fingerprint density at radius 1 is 1.18 bits per heavy atom. The van der Waals surface area contributed by atoms with E-state index in [9.17, 15) is 13.2 Å². The molecule has 1 atom stereocenters. The molecule has 1 fully saturated rings. The van der Waals surface area contributed by atoms with E-state index in [1.165, 1.54) is 5.56 Å². The predicted molar refractivity (Wildman–Crippen MR) is 118 cm³/mol. The van der Waals surface area contributed by atoms with E-state index in [-0.39, 0.29) is 6.10 Å². The Hall–Kier alpha value is -3.35. The maximum absolute atomic E-state index is 10.6. The van der Waals surface area contributed by atoms with E-state index >= 15 is 0 Å². The number of aromatic nitrogens is 4. The van der Waals surface area contributed by atoms with Gasteiger partial charge in [-0.05, 0) is 11.6 Å². The summed E-state index contributed by atoms with van der Waals surface area (Å²) in [5.74, 6) is -2.76. The summed E-state index contributed by atoms with van der Waals surface area (Å²) in [5.41, 5.74) is 4.18. The molecule has 8 nitrogen and oxygen atoms in total. The van der Waals surface area contributed by atoms with Crippen molar-refractivity contribution in [2.45, 2.75) is 18.8 Å². The van der Waals surface area contributed by atoms with Gasteiger partial charge in [0, 0.05) is 36.4 Å². The van der Waals surface area contributed by atoms with E-state index in [2.05, 4.69) is 44.5 Å². The van der Waals surface area contributed by atoms with Crippen molar-refractivity contribution in [2.24, 2.45) is 0 Å². The summed E-state index contributed by atoms with van der Waals surface area (Å²) in [6.07, 6.45) is -1.27. The Kier molecular flexibility index (Phi) is 7.20. The van der Waals surface area contributed by atoms with Crippen molar-refractivity contribution in [3.8, 4) is 11.1 Å². The fourth-order valence-electron chi connectivity index (χ4n) is 3.48. The van der Waals surface area contributed by atoms with Crippen LogP contribution in [0, 0.1) is 0 Å². The van der Waals surface area contributed by atoms with E-state index < -0.39 is 12.1 Å². The number of aliphatic carboxylic acids is 1. The van der Waals surface area contributed by atoms with Crippen molar-refractivity contribution in [1.82, 2.24) is 24.7 Å². The summed E-state index contributed by atoms with van der Waals surface area (Å²) in [6, 6.07) is 14.5. The Morgan fingerprint density at radius 3 is 2.62 bits per heavy atom. The number of morpholine rings is 1. The minimum Gasteiger partial charge on any atom is -0.475 e. The third kappa shape index (κ3) is 5.76. The lowest BCUT2D eigenvalue weighted by Gasteiger charge is -2.31. The lowest BCUT2D eigenvalue weighted by atomic mass is 10.1. The van der Waals surface area contributed by atoms with Crippen LogP contribution in [0.3, 0.4) is 0 Å². The van der Waals surface area contributed by atoms with Gasteiger partial charge in [0.2, 0.25) is 0 Å². The van der Waals surface area contributed by atoms with Crippen molar-refractivity contribution in [3.63, 3.8) is 0 Å². The van der Waals surface area contributed by atoms with Gasteiger partial charge >= 0.3 is 12.1 Å². The highest BCUT2D eigenvalue weighted by Crippen LogP contribution is 2.27. The maximum atomic E-state index is 10.6. The highest BCUT2D eigenvalue weighted by atomic mass is 32.1. The highest BCUT2D eigenvalue weighted by Gasteiger charge is 2.38. The zero-order chi connectivity index (χ0) is 24.1. The molecule has 1 aromatic carbocycles. The first kappa shape index (κ1) is 23.8. The van der Waals surface area contributed by atoms with Gasteiger partial charge in [0.05, 0.1) is 18.7 Å². The second-order valence-electron chi connectivity index (χ2n) is 7.41. The quantitative estimate of drug-likeness (QED) is 0.460. The van der Waals surface area contributed by atoms with Crippen molar-refractivity contribution >= 4 is 22.8 Å². The third-order valence-electron chi connectivity index (χ3n) is 5.09. The molecule has 5 rings (SSSR count). The first-order chi connectivity index (χ1) is 16.3. The number of ether oxygens (including phenoxy) is 1. The molecule has 0 radical (unpaired) electrons. The van der Waals surface area contributed by atoms with E-state index in [4.69, 9.17) is 14.6 Å². The standard InChI is InChI=1S/C20H19N5OS.C2HF3O2/c1-2-4-15(5-3-1)16-6-7-17-20(22-23-25(17)12-16)18-13-24(9-10-26-18)14-19-21-8-11-27-19;3-2(4,5)1(6)7/h1-8,11-12,18H,9-10,13-14H2;(H,6,7). The molecular weight excluding hydrogens is 471 g/mol. The van der Waals surface area contributed by atoms with Crippen molar-refractivity contribution in [1.29, 1.82) is 0 Å². The second kappa shape index (κ2) is 10.3. The Morgan fingerprint density at radius 2 is 1.94 bits per heavy atom. The molecule has 0 amide bonds. The van der Waals surface area contributed by atoms with Crippen molar-refractivity contribution in [3.05, 3.63) is 70.9 Å². The molecule has 178 valence electrons. The second-order valence-corrected chi connectivity index (χ2v) is 8.39. The van der Waals surface area contributed by atoms with Crippen LogP contribution in [0.25, 0.3) is 16.6 Å². The van der Waals surface area contributed by atoms with Crippen LogP contribution < -0.4 is 0 Å². The van der Waals surface area contributed by atoms with E-state index in [0.717, 1.165) is 41.4 Å². The molecule has 1 aliphatic rings. The summed E-state index contributed by atoms with van der Waals surface area (Å²) in [6.45, 7) is 3.26. The fourth-order valence-corrected chi connectivity index (χ4v) is 4.14. The number of pyridine rings is 1. The molecule has 1 saturated heterocycles. The molecule has 34 heavy (non-hydrogen) atoms.